The highest BCUT2D eigenvalue weighted by Gasteiger charge is 2.15. The van der Waals surface area contributed by atoms with Gasteiger partial charge < -0.3 is 15.6 Å². The second-order valence-electron chi connectivity index (χ2n) is 2.21. The number of hydrogen-bond acceptors (Lipinski definition) is 5. The third-order valence-electron chi connectivity index (χ3n) is 1.20. The predicted octanol–water partition coefficient (Wildman–Crippen LogP) is -0.933. The van der Waals surface area contributed by atoms with Gasteiger partial charge in [-0.15, -0.1) is 0 Å². The molecule has 0 radical (unpaired) electrons. The summed E-state index contributed by atoms with van der Waals surface area (Å²) < 4.78 is 4.18. The Morgan fingerprint density at radius 1 is 1.62 bits per heavy atom. The highest BCUT2D eigenvalue weighted by atomic mass is 16.5. The lowest BCUT2D eigenvalue weighted by Crippen LogP contribution is -2.31. The molecule has 0 unspecified atom stereocenters. The van der Waals surface area contributed by atoms with Crippen molar-refractivity contribution in [1.29, 1.82) is 0 Å². The Balaban J connectivity index is 3.81. The van der Waals surface area contributed by atoms with E-state index in [-0.39, 0.29) is 12.8 Å². The Morgan fingerprint density at radius 3 is 2.69 bits per heavy atom. The minimum Gasteiger partial charge on any atom is -0.481 e. The van der Waals surface area contributed by atoms with Crippen LogP contribution in [0.1, 0.15) is 12.8 Å². The molecule has 0 aromatic rings. The Labute approximate surface area is 74.0 Å². The number of carbonyl (C=O) groups excluding carboxylic acids is 2. The van der Waals surface area contributed by atoms with Gasteiger partial charge >= 0.3 is 11.9 Å². The van der Waals surface area contributed by atoms with Crippen molar-refractivity contribution in [1.82, 2.24) is 0 Å². The van der Waals surface area contributed by atoms with Gasteiger partial charge in [-0.05, 0) is 6.42 Å². The first-order valence-electron chi connectivity index (χ1n) is 3.45. The van der Waals surface area contributed by atoms with Gasteiger partial charge in [0.1, 0.15) is 6.04 Å². The van der Waals surface area contributed by atoms with E-state index in [0.717, 1.165) is 0 Å². The number of carboxylic acids is 1. The van der Waals surface area contributed by atoms with Crippen LogP contribution in [-0.4, -0.2) is 29.0 Å². The molecule has 0 saturated carbocycles. The molecule has 3 N–H and O–H groups in total. The largest absolute Gasteiger partial charge is 0.481 e. The van der Waals surface area contributed by atoms with Crippen molar-refractivity contribution >= 4 is 17.9 Å². The summed E-state index contributed by atoms with van der Waals surface area (Å²) in [5.41, 5.74) is 5.22. The van der Waals surface area contributed by atoms with Gasteiger partial charge in [0.05, 0.1) is 0 Å². The molecule has 0 amide bonds. The molecule has 0 aromatic heterocycles. The number of carbonyl (C=O) groups is 2. The number of carboxylic acid groups (broad SMARTS) is 1. The summed E-state index contributed by atoms with van der Waals surface area (Å²) in [4.78, 5) is 30.4. The third kappa shape index (κ3) is 5.60. The highest BCUT2D eigenvalue weighted by molar-refractivity contribution is 5.77. The number of aliphatic carboxylic acids is 1. The van der Waals surface area contributed by atoms with Crippen molar-refractivity contribution in [3.05, 3.63) is 6.26 Å². The molecule has 0 aliphatic carbocycles. The number of rotatable bonds is 5. The fourth-order valence-corrected chi connectivity index (χ4v) is 0.566. The minimum atomic E-state index is -1.05. The molecular formula is C7H9NO5. The van der Waals surface area contributed by atoms with Crippen LogP contribution in [0, 0.1) is 0 Å². The van der Waals surface area contributed by atoms with Crippen molar-refractivity contribution < 1.29 is 24.2 Å². The monoisotopic (exact) mass is 187 g/mol. The number of hydrogen-bond donors (Lipinski definition) is 2. The Bertz CT molecular complexity index is 243. The van der Waals surface area contributed by atoms with Crippen molar-refractivity contribution in [2.45, 2.75) is 18.9 Å². The maximum Gasteiger partial charge on any atom is 0.328 e. The van der Waals surface area contributed by atoms with Gasteiger partial charge in [0, 0.05) is 6.42 Å². The molecule has 0 bridgehead atoms. The van der Waals surface area contributed by atoms with E-state index in [9.17, 15) is 14.4 Å². The van der Waals surface area contributed by atoms with Crippen LogP contribution in [0.15, 0.2) is 6.26 Å². The van der Waals surface area contributed by atoms with E-state index in [1.165, 1.54) is 5.94 Å². The molecule has 6 nitrogen and oxygen atoms in total. The summed E-state index contributed by atoms with van der Waals surface area (Å²) in [7, 11) is 0. The summed E-state index contributed by atoms with van der Waals surface area (Å²) in [5, 5.41) is 8.24. The summed E-state index contributed by atoms with van der Waals surface area (Å²) >= 11 is 0. The van der Waals surface area contributed by atoms with Gasteiger partial charge in [0.15, 0.2) is 12.2 Å². The summed E-state index contributed by atoms with van der Waals surface area (Å²) in [5.74, 6) is -0.662. The predicted molar refractivity (Wildman–Crippen MR) is 41.2 cm³/mol. The zero-order valence-electron chi connectivity index (χ0n) is 6.73. The fourth-order valence-electron chi connectivity index (χ4n) is 0.566. The fraction of sp³-hybridized carbons (Fsp3) is 0.429. The third-order valence-corrected chi connectivity index (χ3v) is 1.20. The number of ether oxygens (including phenoxy) is 1. The molecule has 0 spiro atoms. The maximum atomic E-state index is 10.8. The molecular weight excluding hydrogens is 178 g/mol. The second-order valence-corrected chi connectivity index (χ2v) is 2.21. The van der Waals surface area contributed by atoms with Crippen LogP contribution in [0.4, 0.5) is 0 Å². The van der Waals surface area contributed by atoms with Gasteiger partial charge in [-0.1, -0.05) is 0 Å². The van der Waals surface area contributed by atoms with Crippen LogP contribution in [0.5, 0.6) is 0 Å². The molecule has 1 atom stereocenters. The van der Waals surface area contributed by atoms with Crippen LogP contribution < -0.4 is 5.73 Å². The van der Waals surface area contributed by atoms with E-state index in [2.05, 4.69) is 4.74 Å². The molecule has 72 valence electrons. The summed E-state index contributed by atoms with van der Waals surface area (Å²) in [6.45, 7) is 0. The molecule has 0 fully saturated rings. The normalized spacial score (nSPS) is 11.2. The van der Waals surface area contributed by atoms with E-state index >= 15 is 0 Å². The Kier molecular flexibility index (Phi) is 5.18. The molecule has 0 saturated heterocycles. The van der Waals surface area contributed by atoms with Crippen molar-refractivity contribution in [2.75, 3.05) is 0 Å². The average molecular weight is 187 g/mol. The first-order valence-corrected chi connectivity index (χ1v) is 3.45. The number of nitrogens with two attached hydrogens (primary N) is 1. The Hall–Kier alpha value is -1.65. The van der Waals surface area contributed by atoms with E-state index in [1.807, 2.05) is 0 Å². The van der Waals surface area contributed by atoms with Crippen LogP contribution in [-0.2, 0) is 19.1 Å². The standard InChI is InChI=1S/C7H9NO5/c8-5(1-2-6(10)11)7(12)13-4-3-9/h4-5H,1-2,8H2,(H,10,11)/t5-/m0/s1. The SMILES string of the molecule is N[C@@H](CCC(=O)O)C(=O)OC=C=O. The molecule has 0 rings (SSSR count). The number of esters is 1. The lowest BCUT2D eigenvalue weighted by atomic mass is 10.2. The molecule has 13 heavy (non-hydrogen) atoms. The van der Waals surface area contributed by atoms with Gasteiger partial charge in [0.25, 0.3) is 0 Å². The lowest BCUT2D eigenvalue weighted by Gasteiger charge is -2.05. The molecule has 0 aliphatic rings. The summed E-state index contributed by atoms with van der Waals surface area (Å²) in [6, 6.07) is -1.03. The van der Waals surface area contributed by atoms with Gasteiger partial charge in [-0.25, -0.2) is 9.59 Å². The smallest absolute Gasteiger partial charge is 0.328 e. The van der Waals surface area contributed by atoms with Crippen molar-refractivity contribution in [3.63, 3.8) is 0 Å². The van der Waals surface area contributed by atoms with Crippen LogP contribution >= 0.6 is 0 Å². The topological polar surface area (TPSA) is 107 Å². The van der Waals surface area contributed by atoms with Crippen LogP contribution in [0.2, 0.25) is 0 Å². The quantitative estimate of drug-likeness (QED) is 0.327. The van der Waals surface area contributed by atoms with Crippen LogP contribution in [0.3, 0.4) is 0 Å². The molecule has 0 aromatic carbocycles. The Morgan fingerprint density at radius 2 is 2.23 bits per heavy atom. The van der Waals surface area contributed by atoms with Gasteiger partial charge in [-0.2, -0.15) is 0 Å². The van der Waals surface area contributed by atoms with E-state index < -0.39 is 18.0 Å². The van der Waals surface area contributed by atoms with Crippen molar-refractivity contribution in [2.24, 2.45) is 5.73 Å². The maximum absolute atomic E-state index is 10.8. The zero-order valence-corrected chi connectivity index (χ0v) is 6.73. The van der Waals surface area contributed by atoms with Crippen molar-refractivity contribution in [3.8, 4) is 0 Å². The minimum absolute atomic E-state index is 0.0269. The molecule has 0 heterocycles. The molecule has 0 aliphatic heterocycles. The second kappa shape index (κ2) is 5.93. The zero-order chi connectivity index (χ0) is 10.3. The van der Waals surface area contributed by atoms with Crippen LogP contribution in [0.25, 0.3) is 0 Å². The summed E-state index contributed by atoms with van der Waals surface area (Å²) in [6.07, 6.45) is 0.283. The van der Waals surface area contributed by atoms with E-state index in [4.69, 9.17) is 10.8 Å². The lowest BCUT2D eigenvalue weighted by molar-refractivity contribution is -0.140. The van der Waals surface area contributed by atoms with Gasteiger partial charge in [-0.3, -0.25) is 4.79 Å². The highest BCUT2D eigenvalue weighted by Crippen LogP contribution is 1.96. The first kappa shape index (κ1) is 11.4. The van der Waals surface area contributed by atoms with E-state index in [0.29, 0.717) is 6.26 Å². The average Bonchev–Trinajstić information content (AvgIpc) is 2.10. The first-order chi connectivity index (χ1) is 6.07. The van der Waals surface area contributed by atoms with Gasteiger partial charge in [0.2, 0.25) is 0 Å². The molecule has 6 heteroatoms. The van der Waals surface area contributed by atoms with E-state index in [1.54, 1.807) is 0 Å².